The van der Waals surface area contributed by atoms with Gasteiger partial charge in [-0.25, -0.2) is 8.78 Å². The first-order chi connectivity index (χ1) is 10.0. The van der Waals surface area contributed by atoms with E-state index in [1.54, 1.807) is 0 Å². The summed E-state index contributed by atoms with van der Waals surface area (Å²) < 4.78 is 26.7. The van der Waals surface area contributed by atoms with Crippen LogP contribution in [0.2, 0.25) is 0 Å². The minimum atomic E-state index is -0.744. The predicted octanol–water partition coefficient (Wildman–Crippen LogP) is 2.70. The lowest BCUT2D eigenvalue weighted by Crippen LogP contribution is -2.41. The third-order valence-corrected chi connectivity index (χ3v) is 3.87. The van der Waals surface area contributed by atoms with E-state index in [4.69, 9.17) is 5.73 Å². The molecular formula is C17H19F2NO. The molecule has 0 aliphatic rings. The molecule has 1 unspecified atom stereocenters. The van der Waals surface area contributed by atoms with Gasteiger partial charge in [0.05, 0.1) is 6.61 Å². The molecule has 0 aromatic heterocycles. The zero-order valence-electron chi connectivity index (χ0n) is 11.9. The maximum absolute atomic E-state index is 13.4. The smallest absolute Gasteiger partial charge is 0.126 e. The Morgan fingerprint density at radius 1 is 1.10 bits per heavy atom. The zero-order valence-corrected chi connectivity index (χ0v) is 11.9. The van der Waals surface area contributed by atoms with Crippen LogP contribution in [0.25, 0.3) is 0 Å². The van der Waals surface area contributed by atoms with Crippen molar-refractivity contribution in [2.45, 2.75) is 18.8 Å². The molecule has 1 atom stereocenters. The number of hydrogen-bond donors (Lipinski definition) is 2. The van der Waals surface area contributed by atoms with Gasteiger partial charge in [0.1, 0.15) is 11.6 Å². The van der Waals surface area contributed by atoms with E-state index in [0.29, 0.717) is 5.56 Å². The van der Waals surface area contributed by atoms with E-state index >= 15 is 0 Å². The first-order valence-electron chi connectivity index (χ1n) is 6.83. The van der Waals surface area contributed by atoms with Crippen molar-refractivity contribution in [2.75, 3.05) is 13.2 Å². The average Bonchev–Trinajstić information content (AvgIpc) is 2.44. The van der Waals surface area contributed by atoms with Crippen LogP contribution in [0.3, 0.4) is 0 Å². The van der Waals surface area contributed by atoms with Crippen LogP contribution in [-0.4, -0.2) is 18.3 Å². The van der Waals surface area contributed by atoms with E-state index in [0.717, 1.165) is 17.2 Å². The van der Waals surface area contributed by atoms with Gasteiger partial charge in [-0.3, -0.25) is 0 Å². The Balaban J connectivity index is 2.45. The molecule has 0 aliphatic heterocycles. The maximum Gasteiger partial charge on any atom is 0.126 e. The highest BCUT2D eigenvalue weighted by atomic mass is 19.1. The minimum absolute atomic E-state index is 0.187. The summed E-state index contributed by atoms with van der Waals surface area (Å²) in [6.07, 6.45) is 0.277. The monoisotopic (exact) mass is 291 g/mol. The second kappa shape index (κ2) is 6.33. The number of rotatable bonds is 5. The number of aryl methyl sites for hydroxylation is 1. The Morgan fingerprint density at radius 3 is 2.24 bits per heavy atom. The van der Waals surface area contributed by atoms with Crippen LogP contribution < -0.4 is 5.73 Å². The largest absolute Gasteiger partial charge is 0.395 e. The van der Waals surface area contributed by atoms with E-state index < -0.39 is 17.0 Å². The lowest BCUT2D eigenvalue weighted by molar-refractivity contribution is 0.195. The summed E-state index contributed by atoms with van der Waals surface area (Å²) in [5, 5.41) is 9.89. The van der Waals surface area contributed by atoms with Gasteiger partial charge in [0.25, 0.3) is 0 Å². The van der Waals surface area contributed by atoms with Crippen molar-refractivity contribution >= 4 is 0 Å². The van der Waals surface area contributed by atoms with Gasteiger partial charge >= 0.3 is 0 Å². The van der Waals surface area contributed by atoms with Crippen LogP contribution >= 0.6 is 0 Å². The van der Waals surface area contributed by atoms with Gasteiger partial charge in [0.2, 0.25) is 0 Å². The third kappa shape index (κ3) is 3.28. The summed E-state index contributed by atoms with van der Waals surface area (Å²) in [5.41, 5.74) is 7.53. The SMILES string of the molecule is Cc1ccccc1C(CN)(CO)Cc1cc(F)cc(F)c1. The van der Waals surface area contributed by atoms with E-state index in [1.165, 1.54) is 12.1 Å². The van der Waals surface area contributed by atoms with Gasteiger partial charge in [-0.05, 0) is 42.2 Å². The number of aliphatic hydroxyl groups excluding tert-OH is 1. The van der Waals surface area contributed by atoms with Crippen LogP contribution in [0.1, 0.15) is 16.7 Å². The standard InChI is InChI=1S/C17H19F2NO/c1-12-4-2-3-5-16(12)17(10-20,11-21)9-13-6-14(18)8-15(19)7-13/h2-8,21H,9-11,20H2,1H3. The van der Waals surface area contributed by atoms with Crippen LogP contribution in [-0.2, 0) is 11.8 Å². The van der Waals surface area contributed by atoms with Gasteiger partial charge in [0, 0.05) is 18.0 Å². The molecular weight excluding hydrogens is 272 g/mol. The Kier molecular flexibility index (Phi) is 4.70. The maximum atomic E-state index is 13.4. The highest BCUT2D eigenvalue weighted by molar-refractivity contribution is 5.36. The molecule has 0 aliphatic carbocycles. The van der Waals surface area contributed by atoms with Gasteiger partial charge in [-0.15, -0.1) is 0 Å². The molecule has 3 N–H and O–H groups in total. The summed E-state index contributed by atoms with van der Waals surface area (Å²) in [7, 11) is 0. The summed E-state index contributed by atoms with van der Waals surface area (Å²) in [6, 6.07) is 11.0. The molecule has 0 heterocycles. The number of nitrogens with two attached hydrogens (primary N) is 1. The second-order valence-corrected chi connectivity index (χ2v) is 5.41. The Hall–Kier alpha value is -1.78. The Bertz CT molecular complexity index is 604. The molecule has 4 heteroatoms. The van der Waals surface area contributed by atoms with E-state index in [1.807, 2.05) is 31.2 Å². The van der Waals surface area contributed by atoms with Crippen molar-refractivity contribution in [3.8, 4) is 0 Å². The predicted molar refractivity (Wildman–Crippen MR) is 79.1 cm³/mol. The van der Waals surface area contributed by atoms with E-state index in [2.05, 4.69) is 0 Å². The summed E-state index contributed by atoms with van der Waals surface area (Å²) >= 11 is 0. The topological polar surface area (TPSA) is 46.2 Å². The lowest BCUT2D eigenvalue weighted by atomic mass is 9.74. The molecule has 0 saturated carbocycles. The fraction of sp³-hybridized carbons (Fsp3) is 0.294. The molecule has 0 radical (unpaired) electrons. The van der Waals surface area contributed by atoms with Crippen LogP contribution in [0, 0.1) is 18.6 Å². The fourth-order valence-corrected chi connectivity index (χ4v) is 2.75. The summed E-state index contributed by atoms with van der Waals surface area (Å²) in [5.74, 6) is -1.25. The molecule has 21 heavy (non-hydrogen) atoms. The van der Waals surface area contributed by atoms with Crippen LogP contribution in [0.4, 0.5) is 8.78 Å². The molecule has 2 rings (SSSR count). The first-order valence-corrected chi connectivity index (χ1v) is 6.83. The molecule has 2 aromatic carbocycles. The molecule has 0 amide bonds. The number of halogens is 2. The second-order valence-electron chi connectivity index (χ2n) is 5.41. The molecule has 2 nitrogen and oxygen atoms in total. The van der Waals surface area contributed by atoms with E-state index in [-0.39, 0.29) is 19.6 Å². The molecule has 0 bridgehead atoms. The van der Waals surface area contributed by atoms with Gasteiger partial charge in [-0.2, -0.15) is 0 Å². The van der Waals surface area contributed by atoms with Crippen molar-refractivity contribution in [3.63, 3.8) is 0 Å². The average molecular weight is 291 g/mol. The summed E-state index contributed by atoms with van der Waals surface area (Å²) in [4.78, 5) is 0. The van der Waals surface area contributed by atoms with Crippen molar-refractivity contribution in [2.24, 2.45) is 5.73 Å². The fourth-order valence-electron chi connectivity index (χ4n) is 2.75. The number of benzene rings is 2. The Morgan fingerprint density at radius 2 is 1.71 bits per heavy atom. The number of hydrogen-bond acceptors (Lipinski definition) is 2. The van der Waals surface area contributed by atoms with Gasteiger partial charge in [0.15, 0.2) is 0 Å². The molecule has 0 fully saturated rings. The van der Waals surface area contributed by atoms with Crippen molar-refractivity contribution < 1.29 is 13.9 Å². The lowest BCUT2D eigenvalue weighted by Gasteiger charge is -2.32. The highest BCUT2D eigenvalue weighted by Gasteiger charge is 2.32. The van der Waals surface area contributed by atoms with Crippen molar-refractivity contribution in [1.29, 1.82) is 0 Å². The normalized spacial score (nSPS) is 14.0. The molecule has 112 valence electrons. The third-order valence-electron chi connectivity index (χ3n) is 3.87. The molecule has 0 saturated heterocycles. The molecule has 2 aromatic rings. The number of aliphatic hydroxyl groups is 1. The molecule has 0 spiro atoms. The summed E-state index contributed by atoms with van der Waals surface area (Å²) in [6.45, 7) is 1.93. The van der Waals surface area contributed by atoms with Crippen molar-refractivity contribution in [3.05, 3.63) is 70.8 Å². The Labute approximate surface area is 123 Å². The zero-order chi connectivity index (χ0) is 15.5. The van der Waals surface area contributed by atoms with Gasteiger partial charge < -0.3 is 10.8 Å². The van der Waals surface area contributed by atoms with Crippen molar-refractivity contribution in [1.82, 2.24) is 0 Å². The van der Waals surface area contributed by atoms with Crippen LogP contribution in [0.5, 0.6) is 0 Å². The minimum Gasteiger partial charge on any atom is -0.395 e. The van der Waals surface area contributed by atoms with Crippen LogP contribution in [0.15, 0.2) is 42.5 Å². The quantitative estimate of drug-likeness (QED) is 0.889. The first kappa shape index (κ1) is 15.6. The van der Waals surface area contributed by atoms with E-state index in [9.17, 15) is 13.9 Å². The van der Waals surface area contributed by atoms with Gasteiger partial charge in [-0.1, -0.05) is 24.3 Å². The highest BCUT2D eigenvalue weighted by Crippen LogP contribution is 2.30.